The van der Waals surface area contributed by atoms with Crippen LogP contribution < -0.4 is 0 Å². The summed E-state index contributed by atoms with van der Waals surface area (Å²) < 4.78 is 161. The second-order valence-corrected chi connectivity index (χ2v) is 42.8. The van der Waals surface area contributed by atoms with Gasteiger partial charge in [-0.25, -0.2) is 58.9 Å². The lowest BCUT2D eigenvalue weighted by Gasteiger charge is -2.06. The van der Waals surface area contributed by atoms with E-state index in [1.807, 2.05) is 96.9 Å². The number of rotatable bonds is 14. The summed E-state index contributed by atoms with van der Waals surface area (Å²) in [4.78, 5) is 2.82. The first-order chi connectivity index (χ1) is 55.7. The van der Waals surface area contributed by atoms with Crippen molar-refractivity contribution in [3.8, 4) is 0 Å². The molecule has 700 valence electrons. The summed E-state index contributed by atoms with van der Waals surface area (Å²) in [6.45, 7) is 81.3. The van der Waals surface area contributed by atoms with Crippen molar-refractivity contribution in [2.75, 3.05) is 0 Å². The fourth-order valence-corrected chi connectivity index (χ4v) is 13.7. The Kier molecular flexibility index (Phi) is 117. The SMILES string of the molecule is CC.CC.CC.CC.CC.CC.CC.CC(C)S(=O)(=O)c1ccccc1.CC(C)S(=O)(=O)c1ccccc1.CC(C)S(=O)(=O)c1ccccc1.CC(C)S(=O)(=O)c1ccccc1.CC(C)S(=O)(=O)c1ccccc1.CC(C)S(=O)(=O)c1ccccc1.CC(C)S(=O)(=O)c1ccccc1.CCC.CCC.CCC.CCC.CCC.CCC.CCC. The molecular weight excluding hydrogens is 1630 g/mol. The van der Waals surface area contributed by atoms with Gasteiger partial charge in [0.25, 0.3) is 0 Å². The van der Waals surface area contributed by atoms with Crippen LogP contribution in [0.15, 0.2) is 247 Å². The molecule has 7 aromatic carbocycles. The van der Waals surface area contributed by atoms with Crippen molar-refractivity contribution < 1.29 is 58.9 Å². The van der Waals surface area contributed by atoms with E-state index in [0.29, 0.717) is 34.3 Å². The molecule has 0 spiro atoms. The highest BCUT2D eigenvalue weighted by atomic mass is 32.2. The molecule has 0 heterocycles. The van der Waals surface area contributed by atoms with Crippen molar-refractivity contribution in [2.24, 2.45) is 0 Å². The van der Waals surface area contributed by atoms with E-state index in [1.54, 1.807) is 309 Å². The Labute approximate surface area is 741 Å². The Balaban J connectivity index is -0.0000000845. The topological polar surface area (TPSA) is 239 Å². The zero-order chi connectivity index (χ0) is 97.3. The highest BCUT2D eigenvalue weighted by Gasteiger charge is 2.23. The van der Waals surface area contributed by atoms with Gasteiger partial charge in [-0.1, -0.05) is 366 Å². The number of sulfone groups is 7. The maximum Gasteiger partial charge on any atom is 0.180 e. The molecular formula is C98H182O14S7. The third-order valence-corrected chi connectivity index (χ3v) is 27.0. The molecule has 0 unspecified atom stereocenters. The summed E-state index contributed by atoms with van der Waals surface area (Å²) in [5, 5.41) is -2.43. The van der Waals surface area contributed by atoms with E-state index in [2.05, 4.69) is 96.9 Å². The predicted molar refractivity (Wildman–Crippen MR) is 533 cm³/mol. The molecule has 0 radical (unpaired) electrons. The highest BCUT2D eigenvalue weighted by Crippen LogP contribution is 2.20. The van der Waals surface area contributed by atoms with Crippen LogP contribution in [-0.4, -0.2) is 95.7 Å². The van der Waals surface area contributed by atoms with Crippen LogP contribution in [0.3, 0.4) is 0 Å². The van der Waals surface area contributed by atoms with Crippen LogP contribution in [0.1, 0.15) is 336 Å². The third-order valence-electron chi connectivity index (χ3n) is 11.8. The van der Waals surface area contributed by atoms with E-state index in [1.165, 1.54) is 44.9 Å². The van der Waals surface area contributed by atoms with Crippen molar-refractivity contribution in [3.05, 3.63) is 212 Å². The Hall–Kier alpha value is -5.81. The second-order valence-electron chi connectivity index (χ2n) is 25.3. The standard InChI is InChI=1S/7C9H12O2S.7C3H8.7C2H6/c7*1-8(2)12(10,11)9-6-4-3-5-7-9;7*1-3-2;7*1-2/h7*3-8H,1-2H3;7*3H2,1-2H3;7*1-2H3. The van der Waals surface area contributed by atoms with Gasteiger partial charge in [0.1, 0.15) is 0 Å². The third kappa shape index (κ3) is 75.6. The molecule has 7 rings (SSSR count). The first-order valence-electron chi connectivity index (χ1n) is 43.8. The van der Waals surface area contributed by atoms with Crippen LogP contribution >= 0.6 is 0 Å². The van der Waals surface area contributed by atoms with Gasteiger partial charge in [0.15, 0.2) is 68.9 Å². The van der Waals surface area contributed by atoms with E-state index >= 15 is 0 Å². The Morgan fingerprint density at radius 1 is 0.143 bits per heavy atom. The van der Waals surface area contributed by atoms with Crippen LogP contribution in [0.4, 0.5) is 0 Å². The average Bonchev–Trinajstić information content (AvgIpc) is 0.896. The minimum absolute atomic E-state index is 0.347. The summed E-state index contributed by atoms with van der Waals surface area (Å²) >= 11 is 0. The van der Waals surface area contributed by atoms with E-state index in [0.717, 1.165) is 0 Å². The zero-order valence-electron chi connectivity index (χ0n) is 83.3. The number of benzene rings is 7. The molecule has 0 saturated heterocycles. The van der Waals surface area contributed by atoms with Crippen molar-refractivity contribution >= 4 is 68.9 Å². The van der Waals surface area contributed by atoms with Crippen molar-refractivity contribution in [1.82, 2.24) is 0 Å². The first-order valence-corrected chi connectivity index (χ1v) is 54.6. The molecule has 0 atom stereocenters. The number of hydrogen-bond donors (Lipinski definition) is 0. The summed E-state index contributed by atoms with van der Waals surface area (Å²) in [6, 6.07) is 59.6. The summed E-state index contributed by atoms with van der Waals surface area (Å²) in [5.41, 5.74) is 0. The van der Waals surface area contributed by atoms with Crippen LogP contribution in [-0.2, 0) is 68.9 Å². The lowest BCUT2D eigenvalue weighted by atomic mass is 10.4. The molecule has 0 aliphatic rings. The molecule has 7 aromatic rings. The first kappa shape index (κ1) is 145. The largest absolute Gasteiger partial charge is 0.223 e. The minimum Gasteiger partial charge on any atom is -0.223 e. The van der Waals surface area contributed by atoms with Gasteiger partial charge in [-0.15, -0.1) is 0 Å². The molecule has 0 aliphatic carbocycles. The van der Waals surface area contributed by atoms with Crippen molar-refractivity contribution in [1.29, 1.82) is 0 Å². The van der Waals surface area contributed by atoms with Gasteiger partial charge in [0, 0.05) is 0 Å². The molecule has 0 aliphatic heterocycles. The summed E-state index contributed by atoms with van der Waals surface area (Å²) in [6.07, 6.45) is 8.75. The second kappa shape index (κ2) is 96.0. The maximum absolute atomic E-state index is 11.5. The lowest BCUT2D eigenvalue weighted by Crippen LogP contribution is -2.13. The van der Waals surface area contributed by atoms with E-state index in [9.17, 15) is 58.9 Å². The molecule has 14 nitrogen and oxygen atoms in total. The maximum atomic E-state index is 11.5. The lowest BCUT2D eigenvalue weighted by molar-refractivity contribution is 0.586. The Morgan fingerprint density at radius 2 is 0.193 bits per heavy atom. The quantitative estimate of drug-likeness (QED) is 0.0984. The molecule has 0 fully saturated rings. The van der Waals surface area contributed by atoms with Crippen LogP contribution in [0, 0.1) is 0 Å². The van der Waals surface area contributed by atoms with E-state index in [-0.39, 0.29) is 36.7 Å². The smallest absolute Gasteiger partial charge is 0.180 e. The predicted octanol–water partition coefficient (Wildman–Crippen LogP) is 30.2. The highest BCUT2D eigenvalue weighted by molar-refractivity contribution is 7.93. The monoisotopic (exact) mass is 1810 g/mol. The molecule has 119 heavy (non-hydrogen) atoms. The Bertz CT molecular complexity index is 3210. The van der Waals surface area contributed by atoms with Gasteiger partial charge in [0.2, 0.25) is 0 Å². The fraction of sp³-hybridized carbons (Fsp3) is 0.571. The molecule has 21 heteroatoms. The van der Waals surface area contributed by atoms with E-state index in [4.69, 9.17) is 0 Å². The van der Waals surface area contributed by atoms with Crippen molar-refractivity contribution in [3.63, 3.8) is 0 Å². The van der Waals surface area contributed by atoms with Gasteiger partial charge >= 0.3 is 0 Å². The normalized spacial score (nSPS) is 9.82. The molecule has 0 saturated carbocycles. The van der Waals surface area contributed by atoms with E-state index < -0.39 is 68.9 Å². The number of hydrogen-bond acceptors (Lipinski definition) is 14. The average molecular weight is 1810 g/mol. The van der Waals surface area contributed by atoms with Gasteiger partial charge in [-0.05, 0) is 182 Å². The molecule has 0 amide bonds. The van der Waals surface area contributed by atoms with Gasteiger partial charge in [-0.3, -0.25) is 0 Å². The zero-order valence-corrected chi connectivity index (χ0v) is 89.0. The fourth-order valence-electron chi connectivity index (χ4n) is 6.18. The summed E-state index contributed by atoms with van der Waals surface area (Å²) in [5.74, 6) is 0. The minimum atomic E-state index is -3.08. The molecule has 0 aromatic heterocycles. The van der Waals surface area contributed by atoms with Crippen LogP contribution in [0.5, 0.6) is 0 Å². The van der Waals surface area contributed by atoms with Crippen LogP contribution in [0.2, 0.25) is 0 Å². The Morgan fingerprint density at radius 3 is 0.235 bits per heavy atom. The van der Waals surface area contributed by atoms with Crippen LogP contribution in [0.25, 0.3) is 0 Å². The molecule has 0 bridgehead atoms. The van der Waals surface area contributed by atoms with Gasteiger partial charge in [0.05, 0.1) is 71.0 Å². The van der Waals surface area contributed by atoms with Crippen molar-refractivity contribution in [2.45, 2.75) is 407 Å². The summed E-state index contributed by atoms with van der Waals surface area (Å²) in [7, 11) is -21.5. The van der Waals surface area contributed by atoms with Gasteiger partial charge < -0.3 is 0 Å². The van der Waals surface area contributed by atoms with Gasteiger partial charge in [-0.2, -0.15) is 0 Å². The molecule has 0 N–H and O–H groups in total.